The molecule has 0 saturated carbocycles. The molecular weight excluding hydrogens is 496 g/mol. The molecule has 0 atom stereocenters. The zero-order valence-corrected chi connectivity index (χ0v) is 21.6. The zero-order valence-electron chi connectivity index (χ0n) is 21.6. The van der Waals surface area contributed by atoms with Crippen LogP contribution in [0.1, 0.15) is 22.5 Å². The smallest absolute Gasteiger partial charge is 0.122 e. The highest BCUT2D eigenvalue weighted by atomic mass is 15.3. The predicted molar refractivity (Wildman–Crippen MR) is 167 cm³/mol. The molecule has 0 radical (unpaired) electrons. The molecule has 8 nitrogen and oxygen atoms in total. The number of rotatable bonds is 2. The normalized spacial score (nSPS) is 10.3. The molecule has 0 aliphatic carbocycles. The van der Waals surface area contributed by atoms with Crippen molar-refractivity contribution in [2.75, 3.05) is 40.2 Å². The molecular formula is C32H28N8. The molecule has 0 spiro atoms. The molecule has 8 heteroatoms. The van der Waals surface area contributed by atoms with Crippen LogP contribution in [0.4, 0.5) is 34.1 Å². The van der Waals surface area contributed by atoms with E-state index in [4.69, 9.17) is 40.2 Å². The van der Waals surface area contributed by atoms with E-state index in [0.29, 0.717) is 56.6 Å². The van der Waals surface area contributed by atoms with E-state index in [2.05, 4.69) is 23.7 Å². The number of hydrogen-bond acceptors (Lipinski definition) is 7. The highest BCUT2D eigenvalue weighted by Gasteiger charge is 2.22. The largest absolute Gasteiger partial charge is 0.397 e. The van der Waals surface area contributed by atoms with Crippen LogP contribution in [0.25, 0.3) is 22.3 Å². The Morgan fingerprint density at radius 3 is 1.10 bits per heavy atom. The van der Waals surface area contributed by atoms with Crippen molar-refractivity contribution in [2.24, 2.45) is 0 Å². The van der Waals surface area contributed by atoms with Crippen LogP contribution in [0.3, 0.4) is 0 Å². The fraction of sp³-hybridized carbons (Fsp3) is 0. The third-order valence-electron chi connectivity index (χ3n) is 6.47. The minimum Gasteiger partial charge on any atom is -0.397 e. The van der Waals surface area contributed by atoms with Gasteiger partial charge in [-0.05, 0) is 47.2 Å². The number of aromatic nitrogens is 1. The lowest BCUT2D eigenvalue weighted by molar-refractivity contribution is 0.982. The van der Waals surface area contributed by atoms with Gasteiger partial charge in [0.15, 0.2) is 0 Å². The molecule has 0 unspecified atom stereocenters. The number of nitrogens with zero attached hydrogens (tertiary/aromatic N) is 1. The van der Waals surface area contributed by atoms with E-state index in [9.17, 15) is 0 Å². The molecule has 0 bridgehead atoms. The molecule has 1 heterocycles. The summed E-state index contributed by atoms with van der Waals surface area (Å²) in [5, 5.41) is 0. The van der Waals surface area contributed by atoms with Crippen LogP contribution in [-0.2, 0) is 0 Å². The molecule has 0 aliphatic rings. The van der Waals surface area contributed by atoms with Crippen LogP contribution in [0.15, 0.2) is 84.9 Å². The average molecular weight is 525 g/mol. The Bertz CT molecular complexity index is 1680. The molecule has 196 valence electrons. The zero-order chi connectivity index (χ0) is 28.4. The quantitative estimate of drug-likeness (QED) is 0.104. The monoisotopic (exact) mass is 524 g/mol. The van der Waals surface area contributed by atoms with Crippen LogP contribution in [0.5, 0.6) is 0 Å². The van der Waals surface area contributed by atoms with E-state index >= 15 is 0 Å². The maximum atomic E-state index is 6.75. The third-order valence-corrected chi connectivity index (χ3v) is 6.47. The number of nitrogens with two attached hydrogens (primary N) is 7. The van der Waals surface area contributed by atoms with Gasteiger partial charge in [-0.2, -0.15) is 0 Å². The van der Waals surface area contributed by atoms with Gasteiger partial charge < -0.3 is 40.2 Å². The molecule has 0 fully saturated rings. The predicted octanol–water partition coefficient (Wildman–Crippen LogP) is 3.83. The maximum Gasteiger partial charge on any atom is 0.122 e. The van der Waals surface area contributed by atoms with Gasteiger partial charge in [-0.3, -0.25) is 0 Å². The molecule has 40 heavy (non-hydrogen) atoms. The first-order chi connectivity index (χ1) is 19.2. The summed E-state index contributed by atoms with van der Waals surface area (Å²) < 4.78 is 1.50. The van der Waals surface area contributed by atoms with E-state index in [0.717, 1.165) is 22.3 Å². The van der Waals surface area contributed by atoms with Crippen LogP contribution in [-0.4, -0.2) is 4.68 Å². The molecule has 14 N–H and O–H groups in total. The second-order valence-corrected chi connectivity index (χ2v) is 9.19. The van der Waals surface area contributed by atoms with E-state index in [1.807, 2.05) is 60.7 Å². The first-order valence-electron chi connectivity index (χ1n) is 12.3. The summed E-state index contributed by atoms with van der Waals surface area (Å²) in [4.78, 5) is 0. The van der Waals surface area contributed by atoms with Gasteiger partial charge in [0, 0.05) is 22.3 Å². The Morgan fingerprint density at radius 2 is 0.775 bits per heavy atom. The Labute approximate surface area is 232 Å². The average Bonchev–Trinajstić information content (AvgIpc) is 3.24. The van der Waals surface area contributed by atoms with Gasteiger partial charge in [0.05, 0.1) is 34.1 Å². The summed E-state index contributed by atoms with van der Waals surface area (Å²) in [6, 6.07) is 26.5. The van der Waals surface area contributed by atoms with Gasteiger partial charge in [0.2, 0.25) is 0 Å². The maximum absolute atomic E-state index is 6.75. The van der Waals surface area contributed by atoms with Gasteiger partial charge in [-0.15, -0.1) is 0 Å². The van der Waals surface area contributed by atoms with Crippen molar-refractivity contribution < 1.29 is 0 Å². The van der Waals surface area contributed by atoms with Gasteiger partial charge >= 0.3 is 0 Å². The molecule has 5 rings (SSSR count). The first kappa shape index (κ1) is 25.5. The second kappa shape index (κ2) is 10.3. The first-order valence-corrected chi connectivity index (χ1v) is 12.3. The Kier molecular flexibility index (Phi) is 6.59. The van der Waals surface area contributed by atoms with Crippen molar-refractivity contribution >= 4 is 34.1 Å². The van der Waals surface area contributed by atoms with Crippen molar-refractivity contribution in [1.82, 2.24) is 4.68 Å². The molecule has 4 aromatic carbocycles. The second-order valence-electron chi connectivity index (χ2n) is 9.19. The summed E-state index contributed by atoms with van der Waals surface area (Å²) >= 11 is 0. The van der Waals surface area contributed by atoms with E-state index in [1.54, 1.807) is 24.3 Å². The lowest BCUT2D eigenvalue weighted by Gasteiger charge is -2.07. The van der Waals surface area contributed by atoms with Gasteiger partial charge in [0.25, 0.3) is 0 Å². The standard InChI is InChI=1S/C32H28N8/c33-23-15-19(16-24(34)31(23)37)11-13-27-29(21-7-3-1-4-8-21)30(22-9-5-2-6-10-22)28(40(27)39)14-12-20-17-25(35)32(38)26(36)18-20/h1-10,15-18H,33-39H2. The Morgan fingerprint density at radius 1 is 0.450 bits per heavy atom. The van der Waals surface area contributed by atoms with Crippen molar-refractivity contribution in [3.8, 4) is 45.9 Å². The van der Waals surface area contributed by atoms with E-state index in [1.165, 1.54) is 4.68 Å². The van der Waals surface area contributed by atoms with Crippen LogP contribution < -0.4 is 40.2 Å². The molecule has 1 aromatic heterocycles. The molecule has 0 saturated heterocycles. The van der Waals surface area contributed by atoms with Crippen LogP contribution >= 0.6 is 0 Å². The highest BCUT2D eigenvalue weighted by molar-refractivity contribution is 5.92. The van der Waals surface area contributed by atoms with Gasteiger partial charge in [-0.25, -0.2) is 4.68 Å². The fourth-order valence-corrected chi connectivity index (χ4v) is 4.41. The lowest BCUT2D eigenvalue weighted by atomic mass is 9.94. The summed E-state index contributed by atoms with van der Waals surface area (Å²) in [5.74, 6) is 19.5. The van der Waals surface area contributed by atoms with E-state index < -0.39 is 0 Å². The minimum atomic E-state index is 0.325. The van der Waals surface area contributed by atoms with Crippen LogP contribution in [0.2, 0.25) is 0 Å². The highest BCUT2D eigenvalue weighted by Crippen LogP contribution is 2.39. The number of nitrogen functional groups attached to an aromatic ring is 7. The fourth-order valence-electron chi connectivity index (χ4n) is 4.41. The summed E-state index contributed by atoms with van der Waals surface area (Å²) in [5.41, 5.74) is 43.8. The number of anilines is 6. The topological polar surface area (TPSA) is 187 Å². The van der Waals surface area contributed by atoms with Crippen LogP contribution in [0, 0.1) is 23.7 Å². The van der Waals surface area contributed by atoms with Crippen molar-refractivity contribution in [3.63, 3.8) is 0 Å². The minimum absolute atomic E-state index is 0.325. The Balaban J connectivity index is 1.80. The molecule has 0 amide bonds. The lowest BCUT2D eigenvalue weighted by Crippen LogP contribution is -2.13. The number of benzene rings is 4. The number of hydrogen-bond donors (Lipinski definition) is 7. The summed E-state index contributed by atoms with van der Waals surface area (Å²) in [6.45, 7) is 0. The Hall–Kier alpha value is -6.12. The SMILES string of the molecule is Nc1cc(C#Cc2c(-c3ccccc3)c(-c3ccccc3)c(C#Cc3cc(N)c(N)c(N)c3)n2N)cc(N)c1N. The van der Waals surface area contributed by atoms with Crippen molar-refractivity contribution in [2.45, 2.75) is 0 Å². The molecule has 0 aliphatic heterocycles. The van der Waals surface area contributed by atoms with Gasteiger partial charge in [0.1, 0.15) is 11.4 Å². The van der Waals surface area contributed by atoms with Crippen molar-refractivity contribution in [3.05, 3.63) is 107 Å². The summed E-state index contributed by atoms with van der Waals surface area (Å²) in [7, 11) is 0. The molecule has 5 aromatic rings. The third kappa shape index (κ3) is 4.76. The van der Waals surface area contributed by atoms with Crippen molar-refractivity contribution in [1.29, 1.82) is 0 Å². The van der Waals surface area contributed by atoms with Gasteiger partial charge in [-0.1, -0.05) is 72.5 Å². The summed E-state index contributed by atoms with van der Waals surface area (Å²) in [6.07, 6.45) is 0. The van der Waals surface area contributed by atoms with E-state index in [-0.39, 0.29) is 0 Å².